The highest BCUT2D eigenvalue weighted by atomic mass is 16.3. The molecule has 2 rings (SSSR count). The molecule has 0 aliphatic rings. The van der Waals surface area contributed by atoms with Crippen molar-refractivity contribution in [2.24, 2.45) is 5.84 Å². The van der Waals surface area contributed by atoms with Crippen molar-refractivity contribution in [3.8, 4) is 0 Å². The number of carbonyl (C=O) groups excluding carboxylic acids is 1. The first kappa shape index (κ1) is 11.2. The van der Waals surface area contributed by atoms with Crippen LogP contribution in [0.1, 0.15) is 15.9 Å². The molecule has 0 aliphatic carbocycles. The van der Waals surface area contributed by atoms with Crippen LogP contribution in [0.25, 0.3) is 0 Å². The smallest absolute Gasteiger partial charge is 0.253 e. The van der Waals surface area contributed by atoms with E-state index in [-0.39, 0.29) is 5.91 Å². The molecule has 17 heavy (non-hydrogen) atoms. The molecule has 2 aromatic rings. The fraction of sp³-hybridized carbons (Fsp3) is 0.0909. The Hall–Kier alpha value is -2.34. The molecule has 88 valence electrons. The lowest BCUT2D eigenvalue weighted by Gasteiger charge is -2.07. The van der Waals surface area contributed by atoms with Gasteiger partial charge in [-0.3, -0.25) is 15.6 Å². The second kappa shape index (κ2) is 5.13. The van der Waals surface area contributed by atoms with Crippen LogP contribution < -0.4 is 16.6 Å². The van der Waals surface area contributed by atoms with Crippen molar-refractivity contribution in [2.75, 3.05) is 5.43 Å². The Morgan fingerprint density at radius 3 is 3.06 bits per heavy atom. The van der Waals surface area contributed by atoms with Crippen molar-refractivity contribution in [1.29, 1.82) is 0 Å². The lowest BCUT2D eigenvalue weighted by atomic mass is 10.2. The highest BCUT2D eigenvalue weighted by molar-refractivity contribution is 5.99. The summed E-state index contributed by atoms with van der Waals surface area (Å²) in [5.41, 5.74) is 4.26. The zero-order valence-corrected chi connectivity index (χ0v) is 9.01. The minimum atomic E-state index is -0.221. The quantitative estimate of drug-likeness (QED) is 0.537. The topological polar surface area (TPSA) is 93.2 Å². The van der Waals surface area contributed by atoms with Crippen molar-refractivity contribution in [1.82, 2.24) is 10.3 Å². The van der Waals surface area contributed by atoms with E-state index in [1.807, 2.05) is 0 Å². The monoisotopic (exact) mass is 232 g/mol. The summed E-state index contributed by atoms with van der Waals surface area (Å²) in [6.45, 7) is 0.404. The molecule has 0 spiro atoms. The Morgan fingerprint density at radius 1 is 1.47 bits per heavy atom. The van der Waals surface area contributed by atoms with Crippen LogP contribution in [0.2, 0.25) is 0 Å². The van der Waals surface area contributed by atoms with Crippen LogP contribution in [0.3, 0.4) is 0 Å². The highest BCUT2D eigenvalue weighted by Gasteiger charge is 2.10. The maximum Gasteiger partial charge on any atom is 0.253 e. The first-order valence-corrected chi connectivity index (χ1v) is 5.01. The first-order chi connectivity index (χ1) is 8.31. The molecule has 1 amide bonds. The van der Waals surface area contributed by atoms with Crippen molar-refractivity contribution >= 4 is 11.6 Å². The zero-order chi connectivity index (χ0) is 12.1. The van der Waals surface area contributed by atoms with E-state index in [0.717, 1.165) is 5.56 Å². The number of hydrogen-bond donors (Lipinski definition) is 3. The number of pyridine rings is 1. The van der Waals surface area contributed by atoms with Crippen LogP contribution in [0, 0.1) is 0 Å². The number of nitrogens with zero attached hydrogens (tertiary/aromatic N) is 1. The van der Waals surface area contributed by atoms with E-state index in [9.17, 15) is 4.79 Å². The standard InChI is InChI=1S/C11H12N4O2/c12-15-10-6-13-3-1-9(10)11(16)14-5-8-2-4-17-7-8/h1-4,6-7,15H,5,12H2,(H,14,16). The molecule has 0 saturated heterocycles. The molecule has 0 radical (unpaired) electrons. The van der Waals surface area contributed by atoms with Crippen molar-refractivity contribution in [3.63, 3.8) is 0 Å². The normalized spacial score (nSPS) is 9.94. The van der Waals surface area contributed by atoms with E-state index < -0.39 is 0 Å². The van der Waals surface area contributed by atoms with Crippen LogP contribution in [-0.2, 0) is 6.54 Å². The number of anilines is 1. The molecule has 4 N–H and O–H groups in total. The number of hydrazine groups is 1. The van der Waals surface area contributed by atoms with Gasteiger partial charge in [-0.05, 0) is 12.1 Å². The van der Waals surface area contributed by atoms with Gasteiger partial charge in [0.25, 0.3) is 5.91 Å². The molecule has 2 aromatic heterocycles. The van der Waals surface area contributed by atoms with E-state index in [0.29, 0.717) is 17.8 Å². The highest BCUT2D eigenvalue weighted by Crippen LogP contribution is 2.11. The van der Waals surface area contributed by atoms with Gasteiger partial charge in [0.15, 0.2) is 0 Å². The van der Waals surface area contributed by atoms with Gasteiger partial charge in [0.2, 0.25) is 0 Å². The number of furan rings is 1. The van der Waals surface area contributed by atoms with Gasteiger partial charge in [-0.25, -0.2) is 0 Å². The summed E-state index contributed by atoms with van der Waals surface area (Å²) in [7, 11) is 0. The summed E-state index contributed by atoms with van der Waals surface area (Å²) in [5.74, 6) is 5.07. The van der Waals surface area contributed by atoms with Crippen molar-refractivity contribution in [3.05, 3.63) is 48.2 Å². The van der Waals surface area contributed by atoms with Gasteiger partial charge in [-0.1, -0.05) is 0 Å². The van der Waals surface area contributed by atoms with Crippen LogP contribution in [0.15, 0.2) is 41.5 Å². The van der Waals surface area contributed by atoms with Gasteiger partial charge in [0.1, 0.15) is 0 Å². The summed E-state index contributed by atoms with van der Waals surface area (Å²) < 4.78 is 4.90. The van der Waals surface area contributed by atoms with Gasteiger partial charge < -0.3 is 15.2 Å². The lowest BCUT2D eigenvalue weighted by molar-refractivity contribution is 0.0951. The molecular formula is C11H12N4O2. The minimum absolute atomic E-state index is 0.221. The minimum Gasteiger partial charge on any atom is -0.472 e. The van der Waals surface area contributed by atoms with Crippen LogP contribution >= 0.6 is 0 Å². The Labute approximate surface area is 97.8 Å². The summed E-state index contributed by atoms with van der Waals surface area (Å²) in [6, 6.07) is 3.38. The molecule has 0 aromatic carbocycles. The van der Waals surface area contributed by atoms with Crippen LogP contribution in [0.4, 0.5) is 5.69 Å². The number of aromatic nitrogens is 1. The van der Waals surface area contributed by atoms with E-state index >= 15 is 0 Å². The summed E-state index contributed by atoms with van der Waals surface area (Å²) in [4.78, 5) is 15.7. The van der Waals surface area contributed by atoms with Crippen molar-refractivity contribution in [2.45, 2.75) is 6.54 Å². The first-order valence-electron chi connectivity index (χ1n) is 5.01. The Kier molecular flexibility index (Phi) is 3.37. The third-order valence-electron chi connectivity index (χ3n) is 2.25. The number of nitrogens with one attached hydrogen (secondary N) is 2. The molecule has 2 heterocycles. The molecule has 0 aliphatic heterocycles. The van der Waals surface area contributed by atoms with Gasteiger partial charge in [0, 0.05) is 18.3 Å². The van der Waals surface area contributed by atoms with E-state index in [2.05, 4.69) is 15.7 Å². The zero-order valence-electron chi connectivity index (χ0n) is 9.01. The predicted octanol–water partition coefficient (Wildman–Crippen LogP) is 0.890. The number of amides is 1. The molecule has 0 bridgehead atoms. The van der Waals surface area contributed by atoms with Gasteiger partial charge in [0.05, 0.1) is 30.0 Å². The fourth-order valence-corrected chi connectivity index (χ4v) is 1.38. The van der Waals surface area contributed by atoms with Gasteiger partial charge in [-0.15, -0.1) is 0 Å². The Morgan fingerprint density at radius 2 is 2.35 bits per heavy atom. The van der Waals surface area contributed by atoms with Gasteiger partial charge >= 0.3 is 0 Å². The molecular weight excluding hydrogens is 220 g/mol. The van der Waals surface area contributed by atoms with Crippen LogP contribution in [-0.4, -0.2) is 10.9 Å². The summed E-state index contributed by atoms with van der Waals surface area (Å²) >= 11 is 0. The maximum absolute atomic E-state index is 11.9. The summed E-state index contributed by atoms with van der Waals surface area (Å²) in [5, 5.41) is 2.75. The third kappa shape index (κ3) is 2.61. The average molecular weight is 232 g/mol. The van der Waals surface area contributed by atoms with E-state index in [1.54, 1.807) is 24.7 Å². The number of nitrogens with two attached hydrogens (primary N) is 1. The second-order valence-electron chi connectivity index (χ2n) is 3.38. The molecule has 0 unspecified atom stereocenters. The lowest BCUT2D eigenvalue weighted by Crippen LogP contribution is -2.24. The second-order valence-corrected chi connectivity index (χ2v) is 3.38. The van der Waals surface area contributed by atoms with Crippen LogP contribution in [0.5, 0.6) is 0 Å². The largest absolute Gasteiger partial charge is 0.472 e. The molecule has 0 atom stereocenters. The SMILES string of the molecule is NNc1cnccc1C(=O)NCc1ccoc1. The van der Waals surface area contributed by atoms with E-state index in [1.165, 1.54) is 12.4 Å². The average Bonchev–Trinajstić information content (AvgIpc) is 2.89. The molecule has 6 heteroatoms. The Bertz CT molecular complexity index is 496. The number of nitrogen functional groups attached to an aromatic ring is 1. The molecule has 0 saturated carbocycles. The summed E-state index contributed by atoms with van der Waals surface area (Å²) in [6.07, 6.45) is 6.16. The Balaban J connectivity index is 2.04. The van der Waals surface area contributed by atoms with Crippen molar-refractivity contribution < 1.29 is 9.21 Å². The number of carbonyl (C=O) groups is 1. The fourth-order valence-electron chi connectivity index (χ4n) is 1.38. The van der Waals surface area contributed by atoms with Gasteiger partial charge in [-0.2, -0.15) is 0 Å². The maximum atomic E-state index is 11.9. The predicted molar refractivity (Wildman–Crippen MR) is 61.9 cm³/mol. The number of rotatable bonds is 4. The molecule has 6 nitrogen and oxygen atoms in total. The third-order valence-corrected chi connectivity index (χ3v) is 2.25. The number of hydrogen-bond acceptors (Lipinski definition) is 5. The van der Waals surface area contributed by atoms with E-state index in [4.69, 9.17) is 10.3 Å². The molecule has 0 fully saturated rings.